The molecule has 0 unspecified atom stereocenters. The monoisotopic (exact) mass is 358 g/mol. The highest BCUT2D eigenvalue weighted by Gasteiger charge is 2.20. The molecular formula is C11H8BrClN4O3. The molecule has 9 heteroatoms. The van der Waals surface area contributed by atoms with Crippen molar-refractivity contribution in [3.63, 3.8) is 0 Å². The maximum Gasteiger partial charge on any atom is 0.313 e. The Hall–Kier alpha value is -1.93. The van der Waals surface area contributed by atoms with Crippen molar-refractivity contribution in [2.24, 2.45) is 0 Å². The zero-order valence-corrected chi connectivity index (χ0v) is 12.5. The van der Waals surface area contributed by atoms with Gasteiger partial charge < -0.3 is 10.5 Å². The van der Waals surface area contributed by atoms with E-state index in [1.54, 1.807) is 13.0 Å². The minimum atomic E-state index is -0.542. The summed E-state index contributed by atoms with van der Waals surface area (Å²) >= 11 is 8.93. The van der Waals surface area contributed by atoms with Crippen LogP contribution < -0.4 is 10.5 Å². The predicted octanol–water partition coefficient (Wildman–Crippen LogP) is 3.48. The lowest BCUT2D eigenvalue weighted by molar-refractivity contribution is -0.385. The molecule has 0 aliphatic rings. The van der Waals surface area contributed by atoms with Crippen LogP contribution in [0.2, 0.25) is 5.15 Å². The van der Waals surface area contributed by atoms with Crippen LogP contribution in [0.3, 0.4) is 0 Å². The number of hydrogen-bond acceptors (Lipinski definition) is 6. The summed E-state index contributed by atoms with van der Waals surface area (Å²) in [5.41, 5.74) is 5.82. The summed E-state index contributed by atoms with van der Waals surface area (Å²) in [7, 11) is 0. The number of aromatic nitrogens is 2. The average molecular weight is 360 g/mol. The number of halogens is 2. The molecule has 0 fully saturated rings. The summed E-state index contributed by atoms with van der Waals surface area (Å²) in [6.07, 6.45) is 0. The van der Waals surface area contributed by atoms with E-state index in [4.69, 9.17) is 22.1 Å². The molecule has 0 amide bonds. The van der Waals surface area contributed by atoms with Gasteiger partial charge in [0.1, 0.15) is 5.15 Å². The molecule has 0 radical (unpaired) electrons. The molecule has 0 saturated heterocycles. The van der Waals surface area contributed by atoms with Crippen LogP contribution in [0.5, 0.6) is 11.6 Å². The molecule has 2 N–H and O–H groups in total. The van der Waals surface area contributed by atoms with Crippen molar-refractivity contribution in [3.05, 3.63) is 43.5 Å². The molecule has 2 rings (SSSR count). The van der Waals surface area contributed by atoms with Gasteiger partial charge in [0.05, 0.1) is 4.92 Å². The molecule has 1 heterocycles. The average Bonchev–Trinajstić information content (AvgIpc) is 2.30. The van der Waals surface area contributed by atoms with E-state index in [1.165, 1.54) is 12.1 Å². The Labute approximate surface area is 127 Å². The first kappa shape index (κ1) is 14.5. The van der Waals surface area contributed by atoms with E-state index in [2.05, 4.69) is 25.9 Å². The third-order valence-electron chi connectivity index (χ3n) is 2.31. The smallest absolute Gasteiger partial charge is 0.313 e. The maximum absolute atomic E-state index is 11.1. The van der Waals surface area contributed by atoms with Crippen LogP contribution in [0.1, 0.15) is 5.56 Å². The highest BCUT2D eigenvalue weighted by atomic mass is 79.9. The van der Waals surface area contributed by atoms with Gasteiger partial charge in [-0.2, -0.15) is 4.98 Å². The number of nitrogens with zero attached hydrogens (tertiary/aromatic N) is 3. The Morgan fingerprint density at radius 3 is 2.70 bits per heavy atom. The standard InChI is InChI=1S/C11H8BrClN4O3/c1-5-2-6(12)3-7(17(18)19)10(5)20-9-4-8(13)15-11(14)16-9/h2-4H,1H3,(H2,14,15,16). The van der Waals surface area contributed by atoms with Crippen LogP contribution in [0.15, 0.2) is 22.7 Å². The summed E-state index contributed by atoms with van der Waals surface area (Å²) in [5.74, 6) is 0.0355. The Kier molecular flexibility index (Phi) is 4.05. The molecule has 0 spiro atoms. The van der Waals surface area contributed by atoms with E-state index >= 15 is 0 Å². The van der Waals surface area contributed by atoms with E-state index in [-0.39, 0.29) is 28.4 Å². The highest BCUT2D eigenvalue weighted by molar-refractivity contribution is 9.10. The molecule has 1 aromatic heterocycles. The van der Waals surface area contributed by atoms with Crippen LogP contribution in [-0.2, 0) is 0 Å². The van der Waals surface area contributed by atoms with Gasteiger partial charge in [0.15, 0.2) is 0 Å². The van der Waals surface area contributed by atoms with Gasteiger partial charge in [-0.25, -0.2) is 4.98 Å². The number of nitrogens with two attached hydrogens (primary N) is 1. The van der Waals surface area contributed by atoms with Gasteiger partial charge in [0, 0.05) is 22.2 Å². The number of nitrogen functional groups attached to an aromatic ring is 1. The normalized spacial score (nSPS) is 10.3. The Bertz CT molecular complexity index is 675. The van der Waals surface area contributed by atoms with Gasteiger partial charge in [-0.3, -0.25) is 10.1 Å². The fourth-order valence-corrected chi connectivity index (χ4v) is 2.29. The quantitative estimate of drug-likeness (QED) is 0.511. The van der Waals surface area contributed by atoms with Crippen molar-refractivity contribution in [3.8, 4) is 11.6 Å². The molecule has 0 aliphatic carbocycles. The van der Waals surface area contributed by atoms with Gasteiger partial charge in [-0.05, 0) is 13.0 Å². The summed E-state index contributed by atoms with van der Waals surface area (Å²) in [6.45, 7) is 1.68. The topological polar surface area (TPSA) is 104 Å². The number of aryl methyl sites for hydroxylation is 1. The zero-order valence-electron chi connectivity index (χ0n) is 10.1. The number of benzene rings is 1. The van der Waals surface area contributed by atoms with Gasteiger partial charge in [0.25, 0.3) is 0 Å². The SMILES string of the molecule is Cc1cc(Br)cc([N+](=O)[O-])c1Oc1cc(Cl)nc(N)n1. The second kappa shape index (κ2) is 5.59. The van der Waals surface area contributed by atoms with Crippen LogP contribution in [0.25, 0.3) is 0 Å². The molecule has 0 atom stereocenters. The van der Waals surface area contributed by atoms with E-state index in [0.29, 0.717) is 10.0 Å². The van der Waals surface area contributed by atoms with Crippen LogP contribution in [0, 0.1) is 17.0 Å². The first-order valence-electron chi connectivity index (χ1n) is 5.29. The van der Waals surface area contributed by atoms with Crippen molar-refractivity contribution >= 4 is 39.2 Å². The van der Waals surface area contributed by atoms with Crippen molar-refractivity contribution in [2.75, 3.05) is 5.73 Å². The minimum Gasteiger partial charge on any atom is -0.431 e. The van der Waals surface area contributed by atoms with Gasteiger partial charge in [0.2, 0.25) is 17.6 Å². The third-order valence-corrected chi connectivity index (χ3v) is 2.96. The van der Waals surface area contributed by atoms with Crippen LogP contribution >= 0.6 is 27.5 Å². The number of nitro groups is 1. The van der Waals surface area contributed by atoms with Crippen LogP contribution in [0.4, 0.5) is 11.6 Å². The molecule has 1 aromatic carbocycles. The second-order valence-electron chi connectivity index (χ2n) is 3.82. The lowest BCUT2D eigenvalue weighted by Gasteiger charge is -2.09. The lowest BCUT2D eigenvalue weighted by atomic mass is 10.2. The first-order valence-corrected chi connectivity index (χ1v) is 6.46. The number of nitro benzene ring substituents is 1. The molecule has 0 aliphatic heterocycles. The Morgan fingerprint density at radius 1 is 1.40 bits per heavy atom. The minimum absolute atomic E-state index is 0.0380. The fourth-order valence-electron chi connectivity index (χ4n) is 1.55. The number of anilines is 1. The highest BCUT2D eigenvalue weighted by Crippen LogP contribution is 2.37. The second-order valence-corrected chi connectivity index (χ2v) is 5.12. The lowest BCUT2D eigenvalue weighted by Crippen LogP contribution is -2.00. The maximum atomic E-state index is 11.1. The van der Waals surface area contributed by atoms with E-state index in [9.17, 15) is 10.1 Å². The number of rotatable bonds is 3. The molecular weight excluding hydrogens is 352 g/mol. The van der Waals surface area contributed by atoms with Crippen molar-refractivity contribution in [1.82, 2.24) is 9.97 Å². The molecule has 7 nitrogen and oxygen atoms in total. The molecule has 0 bridgehead atoms. The summed E-state index contributed by atoms with van der Waals surface area (Å²) < 4.78 is 6.02. The van der Waals surface area contributed by atoms with E-state index in [0.717, 1.165) is 0 Å². The summed E-state index contributed by atoms with van der Waals surface area (Å²) in [6, 6.07) is 4.35. The molecule has 20 heavy (non-hydrogen) atoms. The predicted molar refractivity (Wildman–Crippen MR) is 77.1 cm³/mol. The van der Waals surface area contributed by atoms with Crippen molar-refractivity contribution in [1.29, 1.82) is 0 Å². The number of ether oxygens (including phenoxy) is 1. The van der Waals surface area contributed by atoms with Crippen molar-refractivity contribution in [2.45, 2.75) is 6.92 Å². The zero-order chi connectivity index (χ0) is 14.9. The summed E-state index contributed by atoms with van der Waals surface area (Å²) in [5, 5.41) is 11.2. The number of hydrogen-bond donors (Lipinski definition) is 1. The fraction of sp³-hybridized carbons (Fsp3) is 0.0909. The third kappa shape index (κ3) is 3.14. The van der Waals surface area contributed by atoms with Gasteiger partial charge in [-0.15, -0.1) is 0 Å². The van der Waals surface area contributed by atoms with Crippen molar-refractivity contribution < 1.29 is 9.66 Å². The Balaban J connectivity index is 2.50. The van der Waals surface area contributed by atoms with Gasteiger partial charge >= 0.3 is 5.69 Å². The van der Waals surface area contributed by atoms with Gasteiger partial charge in [-0.1, -0.05) is 27.5 Å². The van der Waals surface area contributed by atoms with Crippen LogP contribution in [-0.4, -0.2) is 14.9 Å². The van der Waals surface area contributed by atoms with E-state index < -0.39 is 4.92 Å². The summed E-state index contributed by atoms with van der Waals surface area (Å²) in [4.78, 5) is 18.0. The first-order chi connectivity index (χ1) is 9.36. The Morgan fingerprint density at radius 2 is 2.10 bits per heavy atom. The van der Waals surface area contributed by atoms with E-state index in [1.807, 2.05) is 0 Å². The largest absolute Gasteiger partial charge is 0.431 e. The molecule has 0 saturated carbocycles. The molecule has 104 valence electrons. The molecule has 2 aromatic rings.